The van der Waals surface area contributed by atoms with Gasteiger partial charge in [0.1, 0.15) is 0 Å². The summed E-state index contributed by atoms with van der Waals surface area (Å²) in [7, 11) is 0. The maximum absolute atomic E-state index is 2.55. The first-order chi connectivity index (χ1) is 17.3. The third-order valence-corrected chi connectivity index (χ3v) is 7.96. The molecule has 2 unspecified atom stereocenters. The lowest BCUT2D eigenvalue weighted by atomic mass is 9.88. The van der Waals surface area contributed by atoms with E-state index in [1.54, 1.807) is 0 Å². The number of nitrogens with zero attached hydrogens (tertiary/aromatic N) is 1. The Morgan fingerprint density at radius 1 is 0.829 bits per heavy atom. The lowest BCUT2D eigenvalue weighted by Crippen LogP contribution is -2.14. The summed E-state index contributed by atoms with van der Waals surface area (Å²) in [5.41, 5.74) is 15.1. The van der Waals surface area contributed by atoms with Gasteiger partial charge in [-0.05, 0) is 106 Å². The van der Waals surface area contributed by atoms with Gasteiger partial charge < -0.3 is 4.90 Å². The van der Waals surface area contributed by atoms with Crippen LogP contribution >= 0.6 is 0 Å². The summed E-state index contributed by atoms with van der Waals surface area (Å²) in [5.74, 6) is 1.28. The Morgan fingerprint density at radius 2 is 1.63 bits per heavy atom. The molecule has 7 rings (SSSR count). The van der Waals surface area contributed by atoms with Crippen molar-refractivity contribution in [1.82, 2.24) is 0 Å². The number of hydrogen-bond donors (Lipinski definition) is 0. The first kappa shape index (κ1) is 20.5. The van der Waals surface area contributed by atoms with E-state index in [2.05, 4.69) is 122 Å². The van der Waals surface area contributed by atoms with Gasteiger partial charge in [-0.25, -0.2) is 0 Å². The van der Waals surface area contributed by atoms with Gasteiger partial charge in [0.05, 0.1) is 5.69 Å². The molecule has 0 N–H and O–H groups in total. The number of fused-ring (bicyclic) bond motifs is 5. The van der Waals surface area contributed by atoms with Crippen LogP contribution in [0.5, 0.6) is 0 Å². The SMILES string of the molecule is C/C=C\c1cc(N(c2ccccc2)c2ccc3c4c2C2CC2C=C4c2ccccc2-3)ccc1CC. The molecule has 0 saturated heterocycles. The van der Waals surface area contributed by atoms with Crippen molar-refractivity contribution >= 4 is 28.7 Å². The molecule has 4 aromatic rings. The average molecular weight is 452 g/mol. The molecule has 1 heteroatoms. The van der Waals surface area contributed by atoms with Crippen LogP contribution in [0.2, 0.25) is 0 Å². The van der Waals surface area contributed by atoms with Crippen molar-refractivity contribution in [3.8, 4) is 11.1 Å². The van der Waals surface area contributed by atoms with E-state index in [0.29, 0.717) is 11.8 Å². The highest BCUT2D eigenvalue weighted by molar-refractivity contribution is 6.05. The molecule has 3 aliphatic carbocycles. The smallest absolute Gasteiger partial charge is 0.0503 e. The van der Waals surface area contributed by atoms with E-state index >= 15 is 0 Å². The van der Waals surface area contributed by atoms with Gasteiger partial charge >= 0.3 is 0 Å². The topological polar surface area (TPSA) is 3.24 Å². The fourth-order valence-corrected chi connectivity index (χ4v) is 6.28. The molecule has 35 heavy (non-hydrogen) atoms. The monoisotopic (exact) mass is 451 g/mol. The fourth-order valence-electron chi connectivity index (χ4n) is 6.28. The van der Waals surface area contributed by atoms with Crippen molar-refractivity contribution in [2.45, 2.75) is 32.6 Å². The van der Waals surface area contributed by atoms with Crippen molar-refractivity contribution in [1.29, 1.82) is 0 Å². The van der Waals surface area contributed by atoms with E-state index in [-0.39, 0.29) is 0 Å². The van der Waals surface area contributed by atoms with Gasteiger partial charge in [-0.3, -0.25) is 0 Å². The molecule has 0 heterocycles. The zero-order valence-corrected chi connectivity index (χ0v) is 20.3. The lowest BCUT2D eigenvalue weighted by Gasteiger charge is -2.30. The van der Waals surface area contributed by atoms with Crippen LogP contribution in [0.3, 0.4) is 0 Å². The van der Waals surface area contributed by atoms with Gasteiger partial charge in [-0.15, -0.1) is 0 Å². The molecule has 2 atom stereocenters. The summed E-state index contributed by atoms with van der Waals surface area (Å²) in [6.07, 6.45) is 9.24. The number of aryl methyl sites for hydroxylation is 1. The highest BCUT2D eigenvalue weighted by Crippen LogP contribution is 2.63. The van der Waals surface area contributed by atoms with Crippen molar-refractivity contribution < 1.29 is 0 Å². The van der Waals surface area contributed by atoms with E-state index in [1.807, 2.05) is 0 Å². The maximum Gasteiger partial charge on any atom is 0.0503 e. The summed E-state index contributed by atoms with van der Waals surface area (Å²) in [4.78, 5) is 2.49. The predicted molar refractivity (Wildman–Crippen MR) is 149 cm³/mol. The molecule has 4 aromatic carbocycles. The van der Waals surface area contributed by atoms with E-state index < -0.39 is 0 Å². The van der Waals surface area contributed by atoms with E-state index in [4.69, 9.17) is 0 Å². The number of allylic oxidation sites excluding steroid dienone is 2. The molecule has 0 aromatic heterocycles. The van der Waals surface area contributed by atoms with Gasteiger partial charge in [0.2, 0.25) is 0 Å². The van der Waals surface area contributed by atoms with Crippen molar-refractivity contribution in [2.75, 3.05) is 4.90 Å². The van der Waals surface area contributed by atoms with Crippen LogP contribution in [-0.2, 0) is 6.42 Å². The maximum atomic E-state index is 2.55. The van der Waals surface area contributed by atoms with Gasteiger partial charge in [0.25, 0.3) is 0 Å². The van der Waals surface area contributed by atoms with Crippen LogP contribution in [0.4, 0.5) is 17.1 Å². The van der Waals surface area contributed by atoms with Gasteiger partial charge in [-0.1, -0.05) is 79.7 Å². The summed E-state index contributed by atoms with van der Waals surface area (Å²) >= 11 is 0. The first-order valence-electron chi connectivity index (χ1n) is 12.9. The minimum Gasteiger partial charge on any atom is -0.310 e. The molecule has 1 saturated carbocycles. The summed E-state index contributed by atoms with van der Waals surface area (Å²) in [6, 6.07) is 31.5. The first-order valence-corrected chi connectivity index (χ1v) is 12.9. The molecule has 1 fully saturated rings. The second-order valence-electron chi connectivity index (χ2n) is 9.96. The molecular formula is C34H29N. The number of hydrogen-bond acceptors (Lipinski definition) is 1. The minimum absolute atomic E-state index is 0.620. The molecule has 170 valence electrons. The van der Waals surface area contributed by atoms with Crippen LogP contribution in [0.1, 0.15) is 54.0 Å². The zero-order valence-electron chi connectivity index (χ0n) is 20.3. The molecule has 0 radical (unpaired) electrons. The predicted octanol–water partition coefficient (Wildman–Crippen LogP) is 9.28. The van der Waals surface area contributed by atoms with Crippen molar-refractivity contribution in [3.63, 3.8) is 0 Å². The fraction of sp³-hybridized carbons (Fsp3) is 0.176. The van der Waals surface area contributed by atoms with E-state index in [0.717, 1.165) is 6.42 Å². The third-order valence-electron chi connectivity index (χ3n) is 7.96. The van der Waals surface area contributed by atoms with Crippen LogP contribution in [0, 0.1) is 5.92 Å². The van der Waals surface area contributed by atoms with Gasteiger partial charge in [-0.2, -0.15) is 0 Å². The quantitative estimate of drug-likeness (QED) is 0.257. The largest absolute Gasteiger partial charge is 0.310 e. The Morgan fingerprint density at radius 3 is 2.43 bits per heavy atom. The van der Waals surface area contributed by atoms with Crippen LogP contribution in [-0.4, -0.2) is 0 Å². The summed E-state index contributed by atoms with van der Waals surface area (Å²) in [5, 5.41) is 0. The van der Waals surface area contributed by atoms with Crippen LogP contribution < -0.4 is 4.90 Å². The Balaban J connectivity index is 1.48. The van der Waals surface area contributed by atoms with E-state index in [1.165, 1.54) is 68.0 Å². The highest BCUT2D eigenvalue weighted by Gasteiger charge is 2.46. The summed E-state index contributed by atoms with van der Waals surface area (Å²) in [6.45, 7) is 4.34. The molecule has 0 bridgehead atoms. The molecule has 0 amide bonds. The van der Waals surface area contributed by atoms with Crippen molar-refractivity contribution in [3.05, 3.63) is 125 Å². The molecule has 0 aliphatic heterocycles. The summed E-state index contributed by atoms with van der Waals surface area (Å²) < 4.78 is 0. The second kappa shape index (κ2) is 7.85. The number of benzene rings is 4. The minimum atomic E-state index is 0.620. The van der Waals surface area contributed by atoms with Crippen LogP contribution in [0.15, 0.2) is 97.1 Å². The Bertz CT molecular complexity index is 1520. The van der Waals surface area contributed by atoms with E-state index in [9.17, 15) is 0 Å². The molecule has 3 aliphatic rings. The molecule has 0 spiro atoms. The van der Waals surface area contributed by atoms with Gasteiger partial charge in [0.15, 0.2) is 0 Å². The second-order valence-corrected chi connectivity index (χ2v) is 9.96. The molecular weight excluding hydrogens is 422 g/mol. The molecule has 1 nitrogen and oxygen atoms in total. The third kappa shape index (κ3) is 3.08. The number of rotatable bonds is 5. The lowest BCUT2D eigenvalue weighted by molar-refractivity contribution is 0.985. The Kier molecular flexibility index (Phi) is 4.60. The van der Waals surface area contributed by atoms with Gasteiger partial charge in [0, 0.05) is 11.4 Å². The highest BCUT2D eigenvalue weighted by atomic mass is 15.1. The standard InChI is InChI=1S/C34H29N/c1-3-10-23-19-26(16-15-22(23)4-2)35(25-11-6-5-7-12-25)32-18-17-29-27-13-8-9-14-28(27)31-21-24-20-30(24)34(32)33(29)31/h3,5-19,21,24,30H,4,20H2,1-2H3/b10-3-. The number of anilines is 3. The average Bonchev–Trinajstić information content (AvgIpc) is 3.62. The van der Waals surface area contributed by atoms with Crippen LogP contribution in [0.25, 0.3) is 22.8 Å². The normalized spacial score (nSPS) is 18.6. The zero-order chi connectivity index (χ0) is 23.5. The Hall–Kier alpha value is -3.84. The van der Waals surface area contributed by atoms with Crippen molar-refractivity contribution in [2.24, 2.45) is 5.92 Å². The Labute approximate surface area is 208 Å². The number of para-hydroxylation sites is 1.